The predicted octanol–water partition coefficient (Wildman–Crippen LogP) is 3.10. The number of piperidine rings is 1. The van der Waals surface area contributed by atoms with E-state index >= 15 is 0 Å². The Hall–Kier alpha value is -1.43. The van der Waals surface area contributed by atoms with Crippen LogP contribution in [0.3, 0.4) is 0 Å². The summed E-state index contributed by atoms with van der Waals surface area (Å²) in [5.41, 5.74) is 0. The van der Waals surface area contributed by atoms with E-state index < -0.39 is 10.0 Å². The van der Waals surface area contributed by atoms with Crippen LogP contribution in [0, 0.1) is 11.8 Å². The summed E-state index contributed by atoms with van der Waals surface area (Å²) < 4.78 is 28.1. The van der Waals surface area contributed by atoms with Gasteiger partial charge >= 0.3 is 0 Å². The van der Waals surface area contributed by atoms with Crippen LogP contribution in [0.4, 0.5) is 0 Å². The SMILES string of the molecule is CC1CC(C)CN(CCNS(=O)(=O)c2cccc3ccccc23)C1. The molecule has 1 heterocycles. The lowest BCUT2D eigenvalue weighted by molar-refractivity contribution is 0.143. The number of hydrogen-bond acceptors (Lipinski definition) is 3. The van der Waals surface area contributed by atoms with Gasteiger partial charge in [-0.1, -0.05) is 50.2 Å². The average Bonchev–Trinajstić information content (AvgIpc) is 2.53. The fraction of sp³-hybridized carbons (Fsp3) is 0.474. The third-order valence-electron chi connectivity index (χ3n) is 4.70. The van der Waals surface area contributed by atoms with Crippen LogP contribution in [0.5, 0.6) is 0 Å². The van der Waals surface area contributed by atoms with Gasteiger partial charge in [-0.2, -0.15) is 0 Å². The standard InChI is InChI=1S/C19H26N2O2S/c1-15-12-16(2)14-21(13-15)11-10-20-24(22,23)19-9-5-7-17-6-3-4-8-18(17)19/h3-9,15-16,20H,10-14H2,1-2H3. The molecule has 4 nitrogen and oxygen atoms in total. The molecule has 0 aliphatic carbocycles. The van der Waals surface area contributed by atoms with Crippen molar-refractivity contribution < 1.29 is 8.42 Å². The zero-order chi connectivity index (χ0) is 17.2. The van der Waals surface area contributed by atoms with Crippen LogP contribution in [-0.4, -0.2) is 39.5 Å². The van der Waals surface area contributed by atoms with Crippen molar-refractivity contribution in [2.24, 2.45) is 11.8 Å². The van der Waals surface area contributed by atoms with E-state index in [1.807, 2.05) is 30.3 Å². The molecule has 2 aromatic carbocycles. The Morgan fingerprint density at radius 1 is 1.04 bits per heavy atom. The molecular weight excluding hydrogens is 320 g/mol. The summed E-state index contributed by atoms with van der Waals surface area (Å²) >= 11 is 0. The van der Waals surface area contributed by atoms with Gasteiger partial charge < -0.3 is 4.90 Å². The van der Waals surface area contributed by atoms with E-state index in [1.165, 1.54) is 6.42 Å². The zero-order valence-corrected chi connectivity index (χ0v) is 15.2. The molecule has 1 fully saturated rings. The average molecular weight is 346 g/mol. The first-order valence-electron chi connectivity index (χ1n) is 8.65. The monoisotopic (exact) mass is 346 g/mol. The van der Waals surface area contributed by atoms with Gasteiger partial charge in [-0.25, -0.2) is 13.1 Å². The van der Waals surface area contributed by atoms with E-state index in [2.05, 4.69) is 23.5 Å². The van der Waals surface area contributed by atoms with Crippen LogP contribution in [0.25, 0.3) is 10.8 Å². The number of benzene rings is 2. The van der Waals surface area contributed by atoms with Gasteiger partial charge in [-0.15, -0.1) is 0 Å². The summed E-state index contributed by atoms with van der Waals surface area (Å²) in [6.45, 7) is 7.86. The molecule has 0 bridgehead atoms. The van der Waals surface area contributed by atoms with Crippen LogP contribution in [-0.2, 0) is 10.0 Å². The Morgan fingerprint density at radius 2 is 1.71 bits per heavy atom. The Bertz CT molecular complexity index is 789. The van der Waals surface area contributed by atoms with E-state index in [9.17, 15) is 8.42 Å². The first-order chi connectivity index (χ1) is 11.5. The molecule has 24 heavy (non-hydrogen) atoms. The van der Waals surface area contributed by atoms with Crippen molar-refractivity contribution in [3.63, 3.8) is 0 Å². The van der Waals surface area contributed by atoms with Crippen molar-refractivity contribution in [1.29, 1.82) is 0 Å². The zero-order valence-electron chi connectivity index (χ0n) is 14.4. The number of rotatable bonds is 5. The van der Waals surface area contributed by atoms with Gasteiger partial charge in [-0.3, -0.25) is 0 Å². The second kappa shape index (κ2) is 7.21. The lowest BCUT2D eigenvalue weighted by Crippen LogP contribution is -2.42. The minimum absolute atomic E-state index is 0.362. The lowest BCUT2D eigenvalue weighted by Gasteiger charge is -2.34. The summed E-state index contributed by atoms with van der Waals surface area (Å²) in [7, 11) is -3.49. The molecule has 1 aliphatic heterocycles. The largest absolute Gasteiger partial charge is 0.302 e. The third-order valence-corrected chi connectivity index (χ3v) is 6.22. The van der Waals surface area contributed by atoms with Gasteiger partial charge in [0.15, 0.2) is 0 Å². The molecule has 0 aromatic heterocycles. The molecule has 2 unspecified atom stereocenters. The van der Waals surface area contributed by atoms with E-state index in [1.54, 1.807) is 12.1 Å². The predicted molar refractivity (Wildman–Crippen MR) is 98.5 cm³/mol. The van der Waals surface area contributed by atoms with Crippen LogP contribution in [0.1, 0.15) is 20.3 Å². The quantitative estimate of drug-likeness (QED) is 0.905. The minimum Gasteiger partial charge on any atom is -0.302 e. The number of nitrogens with zero attached hydrogens (tertiary/aromatic N) is 1. The maximum absolute atomic E-state index is 12.7. The topological polar surface area (TPSA) is 49.4 Å². The van der Waals surface area contributed by atoms with E-state index in [0.29, 0.717) is 23.3 Å². The minimum atomic E-state index is -3.49. The number of likely N-dealkylation sites (tertiary alicyclic amines) is 1. The Kier molecular flexibility index (Phi) is 5.23. The fourth-order valence-corrected chi connectivity index (χ4v) is 5.07. The molecule has 130 valence electrons. The van der Waals surface area contributed by atoms with Crippen LogP contribution >= 0.6 is 0 Å². The summed E-state index contributed by atoms with van der Waals surface area (Å²) in [5, 5.41) is 1.71. The normalized spacial score (nSPS) is 22.8. The van der Waals surface area contributed by atoms with Crippen molar-refractivity contribution in [3.05, 3.63) is 42.5 Å². The number of sulfonamides is 1. The van der Waals surface area contributed by atoms with Crippen LogP contribution in [0.2, 0.25) is 0 Å². The first-order valence-corrected chi connectivity index (χ1v) is 10.1. The van der Waals surface area contributed by atoms with Crippen molar-refractivity contribution in [2.75, 3.05) is 26.2 Å². The lowest BCUT2D eigenvalue weighted by atomic mass is 9.92. The Morgan fingerprint density at radius 3 is 2.46 bits per heavy atom. The Labute approximate surface area is 144 Å². The molecule has 2 aromatic rings. The van der Waals surface area contributed by atoms with Gasteiger partial charge in [0.2, 0.25) is 10.0 Å². The fourth-order valence-electron chi connectivity index (χ4n) is 3.82. The van der Waals surface area contributed by atoms with Crippen LogP contribution in [0.15, 0.2) is 47.4 Å². The molecule has 0 spiro atoms. The molecule has 3 rings (SSSR count). The molecule has 5 heteroatoms. The van der Waals surface area contributed by atoms with Crippen LogP contribution < -0.4 is 4.72 Å². The summed E-state index contributed by atoms with van der Waals surface area (Å²) in [6.07, 6.45) is 1.26. The molecule has 0 amide bonds. The Balaban J connectivity index is 1.68. The summed E-state index contributed by atoms with van der Waals surface area (Å²) in [5.74, 6) is 1.37. The summed E-state index contributed by atoms with van der Waals surface area (Å²) in [4.78, 5) is 2.73. The molecule has 1 N–H and O–H groups in total. The number of hydrogen-bond donors (Lipinski definition) is 1. The highest BCUT2D eigenvalue weighted by Crippen LogP contribution is 2.23. The smallest absolute Gasteiger partial charge is 0.241 e. The van der Waals surface area contributed by atoms with Crippen molar-refractivity contribution in [1.82, 2.24) is 9.62 Å². The van der Waals surface area contributed by atoms with Gasteiger partial charge in [0.05, 0.1) is 4.90 Å². The molecule has 2 atom stereocenters. The number of nitrogens with one attached hydrogen (secondary N) is 1. The molecule has 0 saturated carbocycles. The van der Waals surface area contributed by atoms with E-state index in [0.717, 1.165) is 30.4 Å². The van der Waals surface area contributed by atoms with Gasteiger partial charge in [0.1, 0.15) is 0 Å². The van der Waals surface area contributed by atoms with E-state index in [4.69, 9.17) is 0 Å². The van der Waals surface area contributed by atoms with Crippen molar-refractivity contribution in [2.45, 2.75) is 25.2 Å². The van der Waals surface area contributed by atoms with E-state index in [-0.39, 0.29) is 0 Å². The van der Waals surface area contributed by atoms with Crippen molar-refractivity contribution in [3.8, 4) is 0 Å². The maximum atomic E-state index is 12.7. The van der Waals surface area contributed by atoms with Crippen molar-refractivity contribution >= 4 is 20.8 Å². The third kappa shape index (κ3) is 3.97. The van der Waals surface area contributed by atoms with Gasteiger partial charge in [0, 0.05) is 31.6 Å². The summed E-state index contributed by atoms with van der Waals surface area (Å²) in [6, 6.07) is 13.0. The second-order valence-electron chi connectivity index (χ2n) is 7.08. The molecule has 1 aliphatic rings. The van der Waals surface area contributed by atoms with Gasteiger partial charge in [-0.05, 0) is 29.7 Å². The van der Waals surface area contributed by atoms with Gasteiger partial charge in [0.25, 0.3) is 0 Å². The molecular formula is C19H26N2O2S. The highest BCUT2D eigenvalue weighted by Gasteiger charge is 2.22. The molecule has 1 saturated heterocycles. The first kappa shape index (κ1) is 17.4. The maximum Gasteiger partial charge on any atom is 0.241 e. The molecule has 0 radical (unpaired) electrons. The second-order valence-corrected chi connectivity index (χ2v) is 8.82. The number of fused-ring (bicyclic) bond motifs is 1. The highest BCUT2D eigenvalue weighted by molar-refractivity contribution is 7.89. The highest BCUT2D eigenvalue weighted by atomic mass is 32.2.